The van der Waals surface area contributed by atoms with Crippen molar-refractivity contribution in [1.82, 2.24) is 20.4 Å². The highest BCUT2D eigenvalue weighted by Crippen LogP contribution is 2.35. The van der Waals surface area contributed by atoms with Crippen LogP contribution in [-0.2, 0) is 9.59 Å². The molecule has 0 bridgehead atoms. The quantitative estimate of drug-likeness (QED) is 0.710. The van der Waals surface area contributed by atoms with Crippen LogP contribution < -0.4 is 10.6 Å². The molecule has 2 N–H and O–H groups in total. The zero-order valence-electron chi connectivity index (χ0n) is 17.6. The van der Waals surface area contributed by atoms with E-state index < -0.39 is 5.54 Å². The van der Waals surface area contributed by atoms with E-state index in [0.717, 1.165) is 25.9 Å². The number of rotatable bonds is 7. The zero-order chi connectivity index (χ0) is 19.7. The summed E-state index contributed by atoms with van der Waals surface area (Å²) in [6.07, 6.45) is 7.84. The smallest absolute Gasteiger partial charge is 0.240 e. The van der Waals surface area contributed by atoms with Crippen LogP contribution in [0.5, 0.6) is 0 Å². The van der Waals surface area contributed by atoms with E-state index in [-0.39, 0.29) is 17.4 Å². The van der Waals surface area contributed by atoms with Crippen LogP contribution in [0.3, 0.4) is 0 Å². The molecule has 3 aliphatic rings. The fourth-order valence-electron chi connectivity index (χ4n) is 4.62. The van der Waals surface area contributed by atoms with Gasteiger partial charge in [0.1, 0.15) is 0 Å². The maximum absolute atomic E-state index is 12.8. The number of hydrogen-bond donors (Lipinski definition) is 2. The highest BCUT2D eigenvalue weighted by molar-refractivity contribution is 5.85. The van der Waals surface area contributed by atoms with Gasteiger partial charge in [0.05, 0.1) is 17.6 Å². The Morgan fingerprint density at radius 1 is 1.04 bits per heavy atom. The van der Waals surface area contributed by atoms with Crippen molar-refractivity contribution in [2.75, 3.05) is 26.2 Å². The second-order valence-corrected chi connectivity index (χ2v) is 9.57. The van der Waals surface area contributed by atoms with Crippen LogP contribution in [0.4, 0.5) is 0 Å². The Bertz CT molecular complexity index is 542. The molecule has 6 nitrogen and oxygen atoms in total. The van der Waals surface area contributed by atoms with Crippen LogP contribution in [-0.4, -0.2) is 71.0 Å². The first-order valence-electron chi connectivity index (χ1n) is 10.8. The maximum Gasteiger partial charge on any atom is 0.240 e. The van der Waals surface area contributed by atoms with Gasteiger partial charge >= 0.3 is 0 Å². The second kappa shape index (κ2) is 8.08. The van der Waals surface area contributed by atoms with Gasteiger partial charge in [-0.05, 0) is 79.3 Å². The lowest BCUT2D eigenvalue weighted by molar-refractivity contribution is -0.133. The van der Waals surface area contributed by atoms with Gasteiger partial charge in [0.25, 0.3) is 0 Å². The van der Waals surface area contributed by atoms with E-state index in [9.17, 15) is 9.59 Å². The number of hydrogen-bond acceptors (Lipinski definition) is 4. The number of likely N-dealkylation sites (tertiary alicyclic amines) is 2. The van der Waals surface area contributed by atoms with Gasteiger partial charge in [-0.25, -0.2) is 0 Å². The lowest BCUT2D eigenvalue weighted by atomic mass is 9.97. The first-order valence-corrected chi connectivity index (χ1v) is 10.8. The Labute approximate surface area is 164 Å². The Hall–Kier alpha value is -1.14. The third kappa shape index (κ3) is 4.83. The Morgan fingerprint density at radius 2 is 1.63 bits per heavy atom. The number of amides is 2. The molecule has 3 fully saturated rings. The summed E-state index contributed by atoms with van der Waals surface area (Å²) in [7, 11) is 0. The van der Waals surface area contributed by atoms with Gasteiger partial charge in [-0.2, -0.15) is 0 Å². The first kappa shape index (κ1) is 20.6. The van der Waals surface area contributed by atoms with Gasteiger partial charge in [0.15, 0.2) is 0 Å². The molecule has 2 heterocycles. The molecular weight excluding hydrogens is 340 g/mol. The highest BCUT2D eigenvalue weighted by atomic mass is 16.2. The number of nitrogens with one attached hydrogen (secondary N) is 2. The highest BCUT2D eigenvalue weighted by Gasteiger charge is 2.46. The van der Waals surface area contributed by atoms with Crippen LogP contribution in [0, 0.1) is 0 Å². The average Bonchev–Trinajstić information content (AvgIpc) is 3.34. The lowest BCUT2D eigenvalue weighted by Gasteiger charge is -2.39. The fourth-order valence-corrected chi connectivity index (χ4v) is 4.62. The van der Waals surface area contributed by atoms with Crippen molar-refractivity contribution < 1.29 is 9.59 Å². The molecule has 0 spiro atoms. The van der Waals surface area contributed by atoms with E-state index in [0.29, 0.717) is 25.2 Å². The molecule has 2 unspecified atom stereocenters. The van der Waals surface area contributed by atoms with Crippen LogP contribution in [0.15, 0.2) is 0 Å². The van der Waals surface area contributed by atoms with E-state index in [4.69, 9.17) is 0 Å². The molecule has 2 saturated heterocycles. The van der Waals surface area contributed by atoms with E-state index in [2.05, 4.69) is 34.3 Å². The minimum atomic E-state index is -0.485. The number of nitrogens with zero attached hydrogens (tertiary/aromatic N) is 2. The Morgan fingerprint density at radius 3 is 2.19 bits per heavy atom. The number of carbonyl (C=O) groups is 2. The van der Waals surface area contributed by atoms with Crippen molar-refractivity contribution in [1.29, 1.82) is 0 Å². The summed E-state index contributed by atoms with van der Waals surface area (Å²) in [4.78, 5) is 30.0. The summed E-state index contributed by atoms with van der Waals surface area (Å²) >= 11 is 0. The third-order valence-electron chi connectivity index (χ3n) is 7.01. The Balaban J connectivity index is 1.47. The second-order valence-electron chi connectivity index (χ2n) is 9.57. The number of piperidine rings is 1. The summed E-state index contributed by atoms with van der Waals surface area (Å²) in [6, 6.07) is 0.955. The first-order chi connectivity index (χ1) is 12.7. The summed E-state index contributed by atoms with van der Waals surface area (Å²) in [5, 5.41) is 6.34. The van der Waals surface area contributed by atoms with Crippen LogP contribution >= 0.6 is 0 Å². The molecule has 1 saturated carbocycles. The molecule has 2 amide bonds. The van der Waals surface area contributed by atoms with Gasteiger partial charge in [0.2, 0.25) is 11.8 Å². The molecule has 0 aromatic carbocycles. The monoisotopic (exact) mass is 378 g/mol. The lowest BCUT2D eigenvalue weighted by Crippen LogP contribution is -2.58. The molecule has 1 aliphatic carbocycles. The summed E-state index contributed by atoms with van der Waals surface area (Å²) in [5.74, 6) is 0.171. The molecule has 3 rings (SSSR count). The predicted molar refractivity (Wildman–Crippen MR) is 107 cm³/mol. The summed E-state index contributed by atoms with van der Waals surface area (Å²) in [5.41, 5.74) is -0.710. The van der Waals surface area contributed by atoms with Crippen molar-refractivity contribution in [3.05, 3.63) is 0 Å². The van der Waals surface area contributed by atoms with Gasteiger partial charge in [-0.3, -0.25) is 19.4 Å². The van der Waals surface area contributed by atoms with E-state index in [1.807, 2.05) is 13.8 Å². The fraction of sp³-hybridized carbons (Fsp3) is 0.905. The molecule has 2 aliphatic heterocycles. The van der Waals surface area contributed by atoms with Crippen molar-refractivity contribution in [2.24, 2.45) is 0 Å². The molecule has 0 aromatic heterocycles. The van der Waals surface area contributed by atoms with Crippen LogP contribution in [0.2, 0.25) is 0 Å². The van der Waals surface area contributed by atoms with Crippen LogP contribution in [0.1, 0.15) is 72.6 Å². The molecule has 2 atom stereocenters. The molecule has 0 aromatic rings. The minimum Gasteiger partial charge on any atom is -0.352 e. The van der Waals surface area contributed by atoms with E-state index in [1.54, 1.807) is 0 Å². The summed E-state index contributed by atoms with van der Waals surface area (Å²) < 4.78 is 0. The van der Waals surface area contributed by atoms with Crippen LogP contribution in [0.25, 0.3) is 0 Å². The topological polar surface area (TPSA) is 64.7 Å². The van der Waals surface area contributed by atoms with E-state index in [1.165, 1.54) is 32.1 Å². The Kier molecular flexibility index (Phi) is 6.16. The molecule has 154 valence electrons. The predicted octanol–water partition coefficient (Wildman–Crippen LogP) is 1.89. The van der Waals surface area contributed by atoms with E-state index >= 15 is 0 Å². The van der Waals surface area contributed by atoms with Crippen molar-refractivity contribution in [2.45, 2.75) is 95.8 Å². The molecule has 0 radical (unpaired) electrons. The third-order valence-corrected chi connectivity index (χ3v) is 7.01. The van der Waals surface area contributed by atoms with Crippen molar-refractivity contribution in [3.63, 3.8) is 0 Å². The summed E-state index contributed by atoms with van der Waals surface area (Å²) in [6.45, 7) is 11.4. The SMILES string of the molecule is CC1CCC(C)N1CC(=O)NC1(CNC(=O)C(C)(C)N2CCCCC2)CC1. The van der Waals surface area contributed by atoms with Crippen molar-refractivity contribution in [3.8, 4) is 0 Å². The van der Waals surface area contributed by atoms with Gasteiger partial charge in [-0.1, -0.05) is 6.42 Å². The largest absolute Gasteiger partial charge is 0.352 e. The molecule has 6 heteroatoms. The van der Waals surface area contributed by atoms with Gasteiger partial charge in [0, 0.05) is 18.6 Å². The maximum atomic E-state index is 12.8. The average molecular weight is 379 g/mol. The number of carbonyl (C=O) groups excluding carboxylic acids is 2. The zero-order valence-corrected chi connectivity index (χ0v) is 17.6. The minimum absolute atomic E-state index is 0.0757. The molecule has 27 heavy (non-hydrogen) atoms. The molecular formula is C21H38N4O2. The standard InChI is InChI=1S/C21H38N4O2/c1-16-8-9-17(2)25(16)14-18(26)23-21(10-11-21)15-22-19(27)20(3,4)24-12-6-5-7-13-24/h16-17H,5-15H2,1-4H3,(H,22,27)(H,23,26). The van der Waals surface area contributed by atoms with Gasteiger partial charge in [-0.15, -0.1) is 0 Å². The van der Waals surface area contributed by atoms with Crippen molar-refractivity contribution >= 4 is 11.8 Å². The van der Waals surface area contributed by atoms with Gasteiger partial charge < -0.3 is 10.6 Å². The normalized spacial score (nSPS) is 28.7.